The smallest absolute Gasteiger partial charge is 0.224 e. The van der Waals surface area contributed by atoms with E-state index in [1.807, 2.05) is 17.9 Å². The zero-order valence-electron chi connectivity index (χ0n) is 28.0. The average molecular weight is 672 g/mol. The minimum absolute atomic E-state index is 0.0405. The van der Waals surface area contributed by atoms with Crippen molar-refractivity contribution < 1.29 is 22.8 Å². The monoisotopic (exact) mass is 671 g/mol. The molecule has 1 saturated carbocycles. The summed E-state index contributed by atoms with van der Waals surface area (Å²) in [5, 5.41) is 4.16. The molecule has 0 spiro atoms. The number of carbonyl (C=O) groups excluding carboxylic acids is 3. The Morgan fingerprint density at radius 2 is 1.80 bits per heavy atom. The highest BCUT2D eigenvalue weighted by Crippen LogP contribution is 2.30. The first kappa shape index (κ1) is 36.4. The van der Waals surface area contributed by atoms with E-state index in [0.29, 0.717) is 56.3 Å². The number of benzene rings is 1. The number of carbonyl (C=O) groups is 3. The van der Waals surface area contributed by atoms with Crippen molar-refractivity contribution in [2.24, 2.45) is 11.8 Å². The Morgan fingerprint density at radius 1 is 1.09 bits per heavy atom. The molecule has 2 aliphatic rings. The number of fused-ring (bicyclic) bond motifs is 1. The molecule has 1 N–H and O–H groups in total. The number of Topliss-reactive ketones (excluding diaryl/α,β-unsaturated/α-hetero) is 2. The highest BCUT2D eigenvalue weighted by atomic mass is 32.2. The summed E-state index contributed by atoms with van der Waals surface area (Å²) in [5.41, 5.74) is 2.66. The standard InChI is InChI=1S/C36H53N3O5S2/c1-5-9-31(40)21-29(23-35-38-32-14-12-28(25(2)3)22-34(32)45-35)36(42)37-30(20-27-10-7-6-8-11-27)13-15-33(41)26(4)24-39-16-18-46(43,44)19-17-39/h12,14,22,25,27,29-30H,4-11,13,15-21,23-24H2,1-3H3,(H,37,42)/t29-,30+/m0/s1. The van der Waals surface area contributed by atoms with Crippen LogP contribution in [-0.4, -0.2) is 73.0 Å². The van der Waals surface area contributed by atoms with Crippen molar-refractivity contribution in [1.82, 2.24) is 15.2 Å². The molecule has 46 heavy (non-hydrogen) atoms. The van der Waals surface area contributed by atoms with Crippen LogP contribution in [0, 0.1) is 11.8 Å². The average Bonchev–Trinajstić information content (AvgIpc) is 3.42. The number of amides is 1. The third-order valence-corrected chi connectivity index (χ3v) is 12.2. The van der Waals surface area contributed by atoms with Gasteiger partial charge in [0.25, 0.3) is 0 Å². The number of rotatable bonds is 17. The van der Waals surface area contributed by atoms with Crippen LogP contribution in [-0.2, 0) is 30.6 Å². The Balaban J connectivity index is 1.43. The molecular weight excluding hydrogens is 619 g/mol. The van der Waals surface area contributed by atoms with E-state index in [1.165, 1.54) is 24.8 Å². The molecule has 254 valence electrons. The number of nitrogens with zero attached hydrogens (tertiary/aromatic N) is 2. The lowest BCUT2D eigenvalue weighted by atomic mass is 9.83. The molecule has 2 fully saturated rings. The summed E-state index contributed by atoms with van der Waals surface area (Å²) in [7, 11) is -2.99. The first-order valence-corrected chi connectivity index (χ1v) is 19.9. The third-order valence-electron chi connectivity index (χ3n) is 9.57. The molecule has 1 aliphatic carbocycles. The molecule has 1 aliphatic heterocycles. The van der Waals surface area contributed by atoms with Gasteiger partial charge in [0, 0.05) is 56.9 Å². The summed E-state index contributed by atoms with van der Waals surface area (Å²) >= 11 is 1.60. The van der Waals surface area contributed by atoms with Gasteiger partial charge in [0.15, 0.2) is 15.6 Å². The summed E-state index contributed by atoms with van der Waals surface area (Å²) in [6, 6.07) is 6.16. The molecule has 4 rings (SSSR count). The van der Waals surface area contributed by atoms with Crippen molar-refractivity contribution in [1.29, 1.82) is 0 Å². The molecule has 2 heterocycles. The fraction of sp³-hybridized carbons (Fsp3) is 0.667. The minimum Gasteiger partial charge on any atom is -0.353 e. The summed E-state index contributed by atoms with van der Waals surface area (Å²) in [4.78, 5) is 46.8. The predicted molar refractivity (Wildman–Crippen MR) is 187 cm³/mol. The van der Waals surface area contributed by atoms with E-state index in [-0.39, 0.29) is 47.9 Å². The lowest BCUT2D eigenvalue weighted by Gasteiger charge is -2.29. The van der Waals surface area contributed by atoms with Crippen molar-refractivity contribution in [3.8, 4) is 0 Å². The second kappa shape index (κ2) is 17.1. The normalized spacial score (nSPS) is 18.8. The first-order chi connectivity index (χ1) is 21.9. The topological polar surface area (TPSA) is 114 Å². The second-order valence-corrected chi connectivity index (χ2v) is 17.2. The number of sulfone groups is 1. The molecule has 1 saturated heterocycles. The van der Waals surface area contributed by atoms with Crippen molar-refractivity contribution in [3.05, 3.63) is 40.9 Å². The van der Waals surface area contributed by atoms with E-state index in [2.05, 4.69) is 37.9 Å². The SMILES string of the molecule is C=C(CN1CCS(=O)(=O)CC1)C(=O)CC[C@H](CC1CCCCC1)NC(=O)[C@@H](CC(=O)CCC)Cc1nc2ccc(C(C)C)cc2s1. The maximum absolute atomic E-state index is 13.9. The fourth-order valence-electron chi connectivity index (χ4n) is 6.70. The number of thiazole rings is 1. The summed E-state index contributed by atoms with van der Waals surface area (Å²) in [5.74, 6) is 0.547. The molecule has 10 heteroatoms. The molecule has 8 nitrogen and oxygen atoms in total. The molecular formula is C36H53N3O5S2. The molecule has 1 aromatic heterocycles. The summed E-state index contributed by atoms with van der Waals surface area (Å²) in [6.07, 6.45) is 9.30. The Labute approximate surface area is 279 Å². The van der Waals surface area contributed by atoms with Crippen LogP contribution in [0.1, 0.15) is 108 Å². The van der Waals surface area contributed by atoms with Crippen LogP contribution >= 0.6 is 11.3 Å². The predicted octanol–water partition coefficient (Wildman–Crippen LogP) is 6.43. The number of hydrogen-bond donors (Lipinski definition) is 1. The van der Waals surface area contributed by atoms with Gasteiger partial charge in [0.2, 0.25) is 5.91 Å². The van der Waals surface area contributed by atoms with Gasteiger partial charge >= 0.3 is 0 Å². The minimum atomic E-state index is -2.99. The molecule has 2 aromatic rings. The number of hydrogen-bond acceptors (Lipinski definition) is 8. The van der Waals surface area contributed by atoms with Crippen LogP contribution < -0.4 is 5.32 Å². The van der Waals surface area contributed by atoms with E-state index in [1.54, 1.807) is 11.3 Å². The molecule has 0 bridgehead atoms. The molecule has 1 amide bonds. The van der Waals surface area contributed by atoms with Gasteiger partial charge in [0.05, 0.1) is 32.6 Å². The first-order valence-electron chi connectivity index (χ1n) is 17.3. The Bertz CT molecular complexity index is 1460. The third kappa shape index (κ3) is 11.1. The Hall–Kier alpha value is -2.43. The van der Waals surface area contributed by atoms with Crippen LogP contribution in [0.25, 0.3) is 10.2 Å². The number of aromatic nitrogens is 1. The number of nitrogens with one attached hydrogen (secondary N) is 1. The van der Waals surface area contributed by atoms with Gasteiger partial charge < -0.3 is 5.32 Å². The van der Waals surface area contributed by atoms with E-state index >= 15 is 0 Å². The van der Waals surface area contributed by atoms with Gasteiger partial charge in [-0.05, 0) is 48.8 Å². The largest absolute Gasteiger partial charge is 0.353 e. The maximum Gasteiger partial charge on any atom is 0.224 e. The van der Waals surface area contributed by atoms with Gasteiger partial charge in [-0.2, -0.15) is 0 Å². The number of ketones is 2. The van der Waals surface area contributed by atoms with Gasteiger partial charge in [-0.3, -0.25) is 19.3 Å². The highest BCUT2D eigenvalue weighted by Gasteiger charge is 2.29. The molecule has 0 unspecified atom stereocenters. The van der Waals surface area contributed by atoms with Gasteiger partial charge in [-0.15, -0.1) is 11.3 Å². The van der Waals surface area contributed by atoms with E-state index in [4.69, 9.17) is 4.98 Å². The molecule has 0 radical (unpaired) electrons. The Morgan fingerprint density at radius 3 is 2.48 bits per heavy atom. The van der Waals surface area contributed by atoms with Crippen LogP contribution in [0.15, 0.2) is 30.4 Å². The van der Waals surface area contributed by atoms with Crippen LogP contribution in [0.5, 0.6) is 0 Å². The van der Waals surface area contributed by atoms with Crippen molar-refractivity contribution in [3.63, 3.8) is 0 Å². The van der Waals surface area contributed by atoms with Crippen molar-refractivity contribution in [2.75, 3.05) is 31.1 Å². The summed E-state index contributed by atoms with van der Waals surface area (Å²) in [6.45, 7) is 11.5. The van der Waals surface area contributed by atoms with Crippen LogP contribution in [0.3, 0.4) is 0 Å². The zero-order chi connectivity index (χ0) is 33.3. The van der Waals surface area contributed by atoms with Crippen molar-refractivity contribution in [2.45, 2.75) is 110 Å². The van der Waals surface area contributed by atoms with Crippen LogP contribution in [0.2, 0.25) is 0 Å². The van der Waals surface area contributed by atoms with Gasteiger partial charge in [0.1, 0.15) is 5.78 Å². The molecule has 2 atom stereocenters. The van der Waals surface area contributed by atoms with Gasteiger partial charge in [-0.25, -0.2) is 13.4 Å². The quantitative estimate of drug-likeness (QED) is 0.193. The Kier molecular flexibility index (Phi) is 13.5. The van der Waals surface area contributed by atoms with Crippen LogP contribution in [0.4, 0.5) is 0 Å². The van der Waals surface area contributed by atoms with E-state index in [0.717, 1.165) is 40.9 Å². The maximum atomic E-state index is 13.9. The van der Waals surface area contributed by atoms with E-state index < -0.39 is 15.8 Å². The van der Waals surface area contributed by atoms with Crippen molar-refractivity contribution >= 4 is 48.9 Å². The zero-order valence-corrected chi connectivity index (χ0v) is 29.7. The highest BCUT2D eigenvalue weighted by molar-refractivity contribution is 7.91. The summed E-state index contributed by atoms with van der Waals surface area (Å²) < 4.78 is 24.7. The molecule has 1 aromatic carbocycles. The fourth-order valence-corrected chi connectivity index (χ4v) is 9.07. The van der Waals surface area contributed by atoms with E-state index in [9.17, 15) is 22.8 Å². The lowest BCUT2D eigenvalue weighted by Crippen LogP contribution is -2.42. The lowest BCUT2D eigenvalue weighted by molar-refractivity contribution is -0.130. The van der Waals surface area contributed by atoms with Gasteiger partial charge in [-0.1, -0.05) is 65.5 Å². The second-order valence-electron chi connectivity index (χ2n) is 13.8.